The van der Waals surface area contributed by atoms with E-state index < -0.39 is 4.92 Å². The molecule has 1 N–H and O–H groups in total. The van der Waals surface area contributed by atoms with E-state index in [1.54, 1.807) is 24.4 Å². The molecule has 0 heterocycles. The molecule has 2 aromatic carbocycles. The first-order valence-corrected chi connectivity index (χ1v) is 6.91. The van der Waals surface area contributed by atoms with E-state index in [0.717, 1.165) is 10.0 Å². The molecule has 0 aliphatic carbocycles. The number of nitrogens with zero attached hydrogens (tertiary/aromatic N) is 2. The molecule has 0 unspecified atom stereocenters. The maximum absolute atomic E-state index is 10.9. The van der Waals surface area contributed by atoms with Gasteiger partial charge in [-0.05, 0) is 33.6 Å². The Morgan fingerprint density at radius 2 is 1.81 bits per heavy atom. The lowest BCUT2D eigenvalue weighted by Crippen LogP contribution is -1.96. The molecule has 21 heavy (non-hydrogen) atoms. The summed E-state index contributed by atoms with van der Waals surface area (Å²) in [6, 6.07) is 16.1. The number of nitro groups is 1. The van der Waals surface area contributed by atoms with Crippen LogP contribution in [0.1, 0.15) is 5.56 Å². The topological polar surface area (TPSA) is 67.5 Å². The van der Waals surface area contributed by atoms with Crippen molar-refractivity contribution in [2.75, 3.05) is 5.43 Å². The molecule has 0 amide bonds. The minimum Gasteiger partial charge on any atom is -0.272 e. The molecule has 0 saturated heterocycles. The van der Waals surface area contributed by atoms with Crippen molar-refractivity contribution in [1.82, 2.24) is 0 Å². The van der Waals surface area contributed by atoms with Gasteiger partial charge in [0, 0.05) is 10.5 Å². The molecular formula is C15H12BrN3O2. The molecule has 106 valence electrons. The third-order valence-corrected chi connectivity index (χ3v) is 3.01. The Bertz CT molecular complexity index is 684. The van der Waals surface area contributed by atoms with Crippen LogP contribution in [0.5, 0.6) is 0 Å². The molecule has 0 saturated carbocycles. The van der Waals surface area contributed by atoms with E-state index in [-0.39, 0.29) is 5.69 Å². The van der Waals surface area contributed by atoms with Crippen LogP contribution in [0.15, 0.2) is 64.2 Å². The quantitative estimate of drug-likeness (QED) is 0.495. The summed E-state index contributed by atoms with van der Waals surface area (Å²) in [5.74, 6) is 0. The number of hydrogen-bond donors (Lipinski definition) is 1. The molecule has 0 aromatic heterocycles. The number of nitrogens with one attached hydrogen (secondary N) is 1. The highest BCUT2D eigenvalue weighted by Crippen LogP contribution is 2.23. The van der Waals surface area contributed by atoms with E-state index in [2.05, 4.69) is 26.5 Å². The minimum atomic E-state index is -0.452. The smallest absolute Gasteiger partial charge is 0.272 e. The van der Waals surface area contributed by atoms with Crippen LogP contribution in [0.3, 0.4) is 0 Å². The van der Waals surface area contributed by atoms with Crippen molar-refractivity contribution in [3.05, 3.63) is 74.8 Å². The second-order valence-corrected chi connectivity index (χ2v) is 5.00. The van der Waals surface area contributed by atoms with Crippen LogP contribution in [-0.4, -0.2) is 11.1 Å². The van der Waals surface area contributed by atoms with Crippen molar-refractivity contribution in [1.29, 1.82) is 0 Å². The van der Waals surface area contributed by atoms with E-state index in [1.807, 2.05) is 36.4 Å². The molecule has 5 nitrogen and oxygen atoms in total. The van der Waals surface area contributed by atoms with Gasteiger partial charge in [-0.25, -0.2) is 0 Å². The average molecular weight is 346 g/mol. The molecule has 2 aromatic rings. The molecule has 0 aliphatic rings. The Kier molecular flexibility index (Phi) is 5.22. The van der Waals surface area contributed by atoms with Crippen molar-refractivity contribution in [3.63, 3.8) is 0 Å². The molecule has 0 fully saturated rings. The Morgan fingerprint density at radius 3 is 2.52 bits per heavy atom. The summed E-state index contributed by atoms with van der Waals surface area (Å²) in [7, 11) is 0. The first-order valence-electron chi connectivity index (χ1n) is 6.11. The van der Waals surface area contributed by atoms with Gasteiger partial charge in [-0.15, -0.1) is 0 Å². The number of hydrazone groups is 1. The van der Waals surface area contributed by atoms with Gasteiger partial charge in [-0.2, -0.15) is 5.10 Å². The number of halogens is 1. The predicted molar refractivity (Wildman–Crippen MR) is 88.6 cm³/mol. The van der Waals surface area contributed by atoms with E-state index in [0.29, 0.717) is 5.69 Å². The van der Waals surface area contributed by atoms with Gasteiger partial charge in [0.15, 0.2) is 0 Å². The van der Waals surface area contributed by atoms with E-state index >= 15 is 0 Å². The summed E-state index contributed by atoms with van der Waals surface area (Å²) in [4.78, 5) is 10.4. The highest BCUT2D eigenvalue weighted by molar-refractivity contribution is 9.12. The van der Waals surface area contributed by atoms with Gasteiger partial charge < -0.3 is 0 Å². The molecule has 0 bridgehead atoms. The highest BCUT2D eigenvalue weighted by Gasteiger charge is 2.10. The molecule has 2 rings (SSSR count). The fraction of sp³-hybridized carbons (Fsp3) is 0. The number of para-hydroxylation sites is 2. The number of rotatable bonds is 5. The van der Waals surface area contributed by atoms with E-state index in [1.165, 1.54) is 6.07 Å². The molecule has 6 heteroatoms. The lowest BCUT2D eigenvalue weighted by Gasteiger charge is -2.00. The van der Waals surface area contributed by atoms with Gasteiger partial charge in [0.25, 0.3) is 5.69 Å². The maximum atomic E-state index is 10.9. The van der Waals surface area contributed by atoms with Gasteiger partial charge in [-0.3, -0.25) is 15.5 Å². The Labute approximate surface area is 130 Å². The molecular weight excluding hydrogens is 334 g/mol. The number of benzene rings is 2. The van der Waals surface area contributed by atoms with Crippen LogP contribution in [0.4, 0.5) is 11.4 Å². The van der Waals surface area contributed by atoms with Gasteiger partial charge in [0.05, 0.1) is 11.1 Å². The zero-order valence-electron chi connectivity index (χ0n) is 10.9. The third kappa shape index (κ3) is 4.54. The fourth-order valence-electron chi connectivity index (χ4n) is 1.64. The minimum absolute atomic E-state index is 0.0159. The standard InChI is InChI=1S/C15H12BrN3O2/c16-13(10-12-6-2-1-3-7-12)11-17-18-14-8-4-5-9-15(14)19(20)21/h1-11,18H/b13-10-,17-11-. The van der Waals surface area contributed by atoms with Gasteiger partial charge in [-0.1, -0.05) is 42.5 Å². The lowest BCUT2D eigenvalue weighted by molar-refractivity contribution is -0.384. The summed E-state index contributed by atoms with van der Waals surface area (Å²) < 4.78 is 0.750. The summed E-state index contributed by atoms with van der Waals surface area (Å²) >= 11 is 3.37. The normalized spacial score (nSPS) is 11.6. The molecule has 0 atom stereocenters. The summed E-state index contributed by atoms with van der Waals surface area (Å²) in [5.41, 5.74) is 4.03. The second-order valence-electron chi connectivity index (χ2n) is 4.08. The monoisotopic (exact) mass is 345 g/mol. The van der Waals surface area contributed by atoms with E-state index in [4.69, 9.17) is 0 Å². The average Bonchev–Trinajstić information content (AvgIpc) is 2.48. The van der Waals surface area contributed by atoms with Crippen molar-refractivity contribution < 1.29 is 4.92 Å². The predicted octanol–water partition coefficient (Wildman–Crippen LogP) is 4.43. The SMILES string of the molecule is O=[N+]([O-])c1ccccc1N/N=C\C(Br)=C\c1ccccc1. The maximum Gasteiger partial charge on any atom is 0.294 e. The van der Waals surface area contributed by atoms with Gasteiger partial charge in [0.1, 0.15) is 5.69 Å². The first kappa shape index (κ1) is 14.9. The zero-order chi connectivity index (χ0) is 15.1. The lowest BCUT2D eigenvalue weighted by atomic mass is 10.2. The van der Waals surface area contributed by atoms with Crippen molar-refractivity contribution in [3.8, 4) is 0 Å². The fourth-order valence-corrected chi connectivity index (χ4v) is 2.00. The summed E-state index contributed by atoms with van der Waals surface area (Å²) in [5, 5.41) is 14.8. The Hall–Kier alpha value is -2.47. The Balaban J connectivity index is 2.06. The van der Waals surface area contributed by atoms with Gasteiger partial charge in [0.2, 0.25) is 0 Å². The summed E-state index contributed by atoms with van der Waals surface area (Å²) in [6.07, 6.45) is 3.44. The van der Waals surface area contributed by atoms with Crippen molar-refractivity contribution in [2.24, 2.45) is 5.10 Å². The number of allylic oxidation sites excluding steroid dienone is 1. The van der Waals surface area contributed by atoms with E-state index in [9.17, 15) is 10.1 Å². The number of hydrogen-bond acceptors (Lipinski definition) is 4. The largest absolute Gasteiger partial charge is 0.294 e. The van der Waals surface area contributed by atoms with Crippen molar-refractivity contribution >= 4 is 39.6 Å². The molecule has 0 radical (unpaired) electrons. The highest BCUT2D eigenvalue weighted by atomic mass is 79.9. The zero-order valence-corrected chi connectivity index (χ0v) is 12.5. The van der Waals surface area contributed by atoms with Crippen LogP contribution in [0.25, 0.3) is 6.08 Å². The first-order chi connectivity index (χ1) is 10.2. The van der Waals surface area contributed by atoms with Crippen LogP contribution < -0.4 is 5.43 Å². The van der Waals surface area contributed by atoms with Gasteiger partial charge >= 0.3 is 0 Å². The number of anilines is 1. The molecule has 0 aliphatic heterocycles. The Morgan fingerprint density at radius 1 is 1.14 bits per heavy atom. The van der Waals surface area contributed by atoms with Crippen LogP contribution >= 0.6 is 15.9 Å². The van der Waals surface area contributed by atoms with Crippen molar-refractivity contribution in [2.45, 2.75) is 0 Å². The van der Waals surface area contributed by atoms with Crippen LogP contribution in [-0.2, 0) is 0 Å². The van der Waals surface area contributed by atoms with Crippen LogP contribution in [0.2, 0.25) is 0 Å². The summed E-state index contributed by atoms with van der Waals surface area (Å²) in [6.45, 7) is 0. The third-order valence-electron chi connectivity index (χ3n) is 2.58. The van der Waals surface area contributed by atoms with Crippen LogP contribution in [0, 0.1) is 10.1 Å². The molecule has 0 spiro atoms. The number of nitro benzene ring substituents is 1. The second kappa shape index (κ2) is 7.35.